The van der Waals surface area contributed by atoms with Gasteiger partial charge in [-0.05, 0) is 77.0 Å². The highest BCUT2D eigenvalue weighted by Crippen LogP contribution is 2.43. The molecule has 0 heterocycles. The van der Waals surface area contributed by atoms with Crippen LogP contribution in [0.25, 0.3) is 0 Å². The standard InChI is InChI=1S/C47H82NO9P/c1-3-5-7-9-11-12-13-14-15-16-17-18-19-20-21-22-26-31-35-39-47(51)57-45(43-56-58(52,53)55-41-40-48)42-54-46(50)38-34-30-27-23-25-29-33-37-44(49)36-32-28-24-10-8-6-4-2/h11-12,14-15,23-24,27-29,32-33,36,44-45,49H,3-10,13,16-22,25-26,30-31,34-35,37-43,48H2,1-2H3,(H,52,53)/b12-11-,15-14-,27-23+,28-24-,33-29-,36-32-/t44-,45-/m1/s1. The number of hydrogen-bond acceptors (Lipinski definition) is 9. The van der Waals surface area contributed by atoms with Crippen LogP contribution in [0.3, 0.4) is 0 Å². The van der Waals surface area contributed by atoms with E-state index in [0.717, 1.165) is 44.9 Å². The molecule has 0 radical (unpaired) electrons. The minimum Gasteiger partial charge on any atom is -0.462 e. The van der Waals surface area contributed by atoms with Crippen LogP contribution in [0.5, 0.6) is 0 Å². The van der Waals surface area contributed by atoms with Crippen LogP contribution < -0.4 is 5.73 Å². The highest BCUT2D eigenvalue weighted by molar-refractivity contribution is 7.47. The van der Waals surface area contributed by atoms with Gasteiger partial charge >= 0.3 is 19.8 Å². The largest absolute Gasteiger partial charge is 0.472 e. The van der Waals surface area contributed by atoms with E-state index in [9.17, 15) is 24.2 Å². The van der Waals surface area contributed by atoms with E-state index in [-0.39, 0.29) is 32.6 Å². The number of ether oxygens (including phenoxy) is 2. The summed E-state index contributed by atoms with van der Waals surface area (Å²) < 4.78 is 32.7. The van der Waals surface area contributed by atoms with Crippen LogP contribution in [-0.2, 0) is 32.7 Å². The monoisotopic (exact) mass is 836 g/mol. The summed E-state index contributed by atoms with van der Waals surface area (Å²) in [6.07, 6.45) is 48.1. The van der Waals surface area contributed by atoms with Crippen LogP contribution in [0.15, 0.2) is 72.9 Å². The Morgan fingerprint density at radius 2 is 1.12 bits per heavy atom. The van der Waals surface area contributed by atoms with Crippen molar-refractivity contribution < 1.29 is 42.7 Å². The summed E-state index contributed by atoms with van der Waals surface area (Å²) in [6.45, 7) is 3.51. The fraction of sp³-hybridized carbons (Fsp3) is 0.702. The molecule has 3 atom stereocenters. The van der Waals surface area contributed by atoms with Gasteiger partial charge in [-0.2, -0.15) is 0 Å². The van der Waals surface area contributed by atoms with Crippen molar-refractivity contribution in [1.29, 1.82) is 0 Å². The van der Waals surface area contributed by atoms with Crippen LogP contribution in [0.1, 0.15) is 174 Å². The fourth-order valence-electron chi connectivity index (χ4n) is 5.74. The van der Waals surface area contributed by atoms with Crippen LogP contribution in [-0.4, -0.2) is 60.5 Å². The molecule has 0 rings (SSSR count). The molecule has 0 aromatic heterocycles. The van der Waals surface area contributed by atoms with Crippen molar-refractivity contribution in [3.63, 3.8) is 0 Å². The van der Waals surface area contributed by atoms with Gasteiger partial charge in [0.2, 0.25) is 0 Å². The molecule has 0 fully saturated rings. The summed E-state index contributed by atoms with van der Waals surface area (Å²) >= 11 is 0. The zero-order chi connectivity index (χ0) is 42.6. The van der Waals surface area contributed by atoms with E-state index in [1.807, 2.05) is 36.5 Å². The molecule has 10 nitrogen and oxygen atoms in total. The van der Waals surface area contributed by atoms with Crippen molar-refractivity contribution in [2.45, 2.75) is 187 Å². The number of phosphoric acid groups is 1. The van der Waals surface area contributed by atoms with Crippen molar-refractivity contribution in [1.82, 2.24) is 0 Å². The van der Waals surface area contributed by atoms with Crippen LogP contribution >= 0.6 is 7.82 Å². The Hall–Kier alpha value is -2.59. The summed E-state index contributed by atoms with van der Waals surface area (Å²) in [5.41, 5.74) is 5.34. The summed E-state index contributed by atoms with van der Waals surface area (Å²) in [5.74, 6) is -0.945. The number of esters is 2. The van der Waals surface area contributed by atoms with E-state index in [1.165, 1.54) is 77.0 Å². The van der Waals surface area contributed by atoms with Crippen molar-refractivity contribution in [2.75, 3.05) is 26.4 Å². The molecule has 0 amide bonds. The Labute approximate surface area is 353 Å². The average Bonchev–Trinajstić information content (AvgIpc) is 3.21. The van der Waals surface area contributed by atoms with E-state index in [2.05, 4.69) is 44.2 Å². The van der Waals surface area contributed by atoms with Gasteiger partial charge in [0.15, 0.2) is 6.10 Å². The van der Waals surface area contributed by atoms with Crippen molar-refractivity contribution in [3.8, 4) is 0 Å². The Kier molecular flexibility index (Phi) is 40.6. The zero-order valence-corrected chi connectivity index (χ0v) is 37.3. The van der Waals surface area contributed by atoms with E-state index >= 15 is 0 Å². The van der Waals surface area contributed by atoms with Gasteiger partial charge < -0.3 is 25.2 Å². The number of aliphatic hydroxyl groups is 1. The van der Waals surface area contributed by atoms with Gasteiger partial charge in [0.1, 0.15) is 6.61 Å². The molecule has 0 bridgehead atoms. The molecule has 0 saturated carbocycles. The Bertz CT molecular complexity index is 1200. The molecular weight excluding hydrogens is 753 g/mol. The number of rotatable bonds is 41. The predicted molar refractivity (Wildman–Crippen MR) is 239 cm³/mol. The Morgan fingerprint density at radius 3 is 1.72 bits per heavy atom. The van der Waals surface area contributed by atoms with Gasteiger partial charge in [0.25, 0.3) is 0 Å². The van der Waals surface area contributed by atoms with E-state index in [4.69, 9.17) is 24.3 Å². The zero-order valence-electron chi connectivity index (χ0n) is 36.4. The molecule has 1 unspecified atom stereocenters. The number of allylic oxidation sites excluding steroid dienone is 10. The lowest BCUT2D eigenvalue weighted by Crippen LogP contribution is -2.29. The average molecular weight is 836 g/mol. The second kappa shape index (κ2) is 42.5. The number of carbonyl (C=O) groups excluding carboxylic acids is 2. The number of nitrogens with two attached hydrogens (primary N) is 1. The normalized spacial score (nSPS) is 14.5. The van der Waals surface area contributed by atoms with Gasteiger partial charge in [0, 0.05) is 19.4 Å². The maximum Gasteiger partial charge on any atom is 0.472 e. The molecule has 0 saturated heterocycles. The lowest BCUT2D eigenvalue weighted by atomic mass is 10.1. The minimum absolute atomic E-state index is 0.0327. The topological polar surface area (TPSA) is 155 Å². The third kappa shape index (κ3) is 41.6. The SMILES string of the molecule is CCCCC/C=C\C=C/[C@@H](O)C/C=C\C/C=C/CCCC(=O)OC[C@H](COP(=O)(O)OCCN)OC(=O)CCCCCCCCCCC/C=C\C/C=C\CCCCC. The van der Waals surface area contributed by atoms with Crippen LogP contribution in [0.4, 0.5) is 0 Å². The van der Waals surface area contributed by atoms with E-state index < -0.39 is 38.6 Å². The molecule has 0 aliphatic carbocycles. The summed E-state index contributed by atoms with van der Waals surface area (Å²) in [6, 6.07) is 0. The molecular formula is C47H82NO9P. The van der Waals surface area contributed by atoms with Gasteiger partial charge in [-0.1, -0.05) is 157 Å². The molecule has 0 aliphatic rings. The Balaban J connectivity index is 4.29. The summed E-state index contributed by atoms with van der Waals surface area (Å²) in [7, 11) is -4.41. The molecule has 4 N–H and O–H groups in total. The third-order valence-corrected chi connectivity index (χ3v) is 10.1. The maximum absolute atomic E-state index is 12.6. The van der Waals surface area contributed by atoms with Crippen molar-refractivity contribution >= 4 is 19.8 Å². The first-order valence-electron chi connectivity index (χ1n) is 22.5. The molecule has 0 spiro atoms. The highest BCUT2D eigenvalue weighted by atomic mass is 31.2. The van der Waals surface area contributed by atoms with Crippen LogP contribution in [0, 0.1) is 0 Å². The number of phosphoric ester groups is 1. The number of carbonyl (C=O) groups is 2. The summed E-state index contributed by atoms with van der Waals surface area (Å²) in [5, 5.41) is 10.1. The second-order valence-corrected chi connectivity index (χ2v) is 16.2. The number of unbranched alkanes of at least 4 members (excludes halogenated alkanes) is 16. The van der Waals surface area contributed by atoms with E-state index in [1.54, 1.807) is 6.08 Å². The second-order valence-electron chi connectivity index (χ2n) is 14.8. The quantitative estimate of drug-likeness (QED) is 0.0178. The number of hydrogen-bond donors (Lipinski definition) is 3. The molecule has 334 valence electrons. The lowest BCUT2D eigenvalue weighted by Gasteiger charge is -2.19. The third-order valence-electron chi connectivity index (χ3n) is 9.15. The highest BCUT2D eigenvalue weighted by Gasteiger charge is 2.26. The number of aliphatic hydroxyl groups excluding tert-OH is 1. The van der Waals surface area contributed by atoms with E-state index in [0.29, 0.717) is 25.7 Å². The predicted octanol–water partition coefficient (Wildman–Crippen LogP) is 12.0. The molecule has 11 heteroatoms. The maximum atomic E-state index is 12.6. The minimum atomic E-state index is -4.41. The summed E-state index contributed by atoms with van der Waals surface area (Å²) in [4.78, 5) is 34.9. The van der Waals surface area contributed by atoms with Crippen molar-refractivity contribution in [3.05, 3.63) is 72.9 Å². The van der Waals surface area contributed by atoms with Gasteiger partial charge in [-0.3, -0.25) is 18.6 Å². The first-order valence-corrected chi connectivity index (χ1v) is 24.0. The smallest absolute Gasteiger partial charge is 0.462 e. The Morgan fingerprint density at radius 1 is 0.603 bits per heavy atom. The first-order chi connectivity index (χ1) is 28.2. The lowest BCUT2D eigenvalue weighted by molar-refractivity contribution is -0.161. The van der Waals surface area contributed by atoms with Gasteiger partial charge in [0.05, 0.1) is 19.3 Å². The molecule has 0 aromatic rings. The molecule has 0 aromatic carbocycles. The molecule has 58 heavy (non-hydrogen) atoms. The fourth-order valence-corrected chi connectivity index (χ4v) is 6.50. The first kappa shape index (κ1) is 55.4. The van der Waals surface area contributed by atoms with Gasteiger partial charge in [-0.15, -0.1) is 0 Å². The van der Waals surface area contributed by atoms with Gasteiger partial charge in [-0.25, -0.2) is 4.57 Å². The van der Waals surface area contributed by atoms with Crippen LogP contribution in [0.2, 0.25) is 0 Å². The molecule has 0 aliphatic heterocycles. The van der Waals surface area contributed by atoms with Crippen molar-refractivity contribution in [2.24, 2.45) is 5.73 Å².